The van der Waals surface area contributed by atoms with Crippen LogP contribution in [0, 0.1) is 17.8 Å². The zero-order chi connectivity index (χ0) is 10.5. The van der Waals surface area contributed by atoms with Gasteiger partial charge in [-0.2, -0.15) is 0 Å². The SMILES string of the molecule is C=COCC=CC1CCC2CC=CC2C1. The lowest BCUT2D eigenvalue weighted by molar-refractivity contribution is 0.257. The summed E-state index contributed by atoms with van der Waals surface area (Å²) in [6.45, 7) is 4.19. The van der Waals surface area contributed by atoms with E-state index in [0.29, 0.717) is 6.61 Å². The minimum absolute atomic E-state index is 0.671. The molecule has 82 valence electrons. The quantitative estimate of drug-likeness (QED) is 0.385. The standard InChI is InChI=1S/C14H20O/c1-2-15-10-4-5-12-8-9-13-6-3-7-14(13)11-12/h2-5,7,12-14H,1,6,8-11H2. The summed E-state index contributed by atoms with van der Waals surface area (Å²) in [5.41, 5.74) is 0. The fraction of sp³-hybridized carbons (Fsp3) is 0.571. The van der Waals surface area contributed by atoms with Gasteiger partial charge in [0.2, 0.25) is 0 Å². The largest absolute Gasteiger partial charge is 0.498 e. The van der Waals surface area contributed by atoms with E-state index in [1.807, 2.05) is 0 Å². The fourth-order valence-electron chi connectivity index (χ4n) is 2.81. The van der Waals surface area contributed by atoms with Crippen molar-refractivity contribution in [3.63, 3.8) is 0 Å². The summed E-state index contributed by atoms with van der Waals surface area (Å²) in [7, 11) is 0. The van der Waals surface area contributed by atoms with Crippen LogP contribution in [0.15, 0.2) is 37.1 Å². The Morgan fingerprint density at radius 3 is 3.20 bits per heavy atom. The summed E-state index contributed by atoms with van der Waals surface area (Å²) >= 11 is 0. The van der Waals surface area contributed by atoms with Crippen LogP contribution in [0.2, 0.25) is 0 Å². The van der Waals surface area contributed by atoms with Crippen LogP contribution >= 0.6 is 0 Å². The molecule has 0 aromatic carbocycles. The second-order valence-corrected chi connectivity index (χ2v) is 4.59. The van der Waals surface area contributed by atoms with E-state index in [1.165, 1.54) is 31.9 Å². The van der Waals surface area contributed by atoms with E-state index in [4.69, 9.17) is 4.74 Å². The van der Waals surface area contributed by atoms with Crippen molar-refractivity contribution in [1.82, 2.24) is 0 Å². The molecule has 0 N–H and O–H groups in total. The predicted molar refractivity (Wildman–Crippen MR) is 63.4 cm³/mol. The van der Waals surface area contributed by atoms with Crippen molar-refractivity contribution in [2.24, 2.45) is 17.8 Å². The van der Waals surface area contributed by atoms with Gasteiger partial charge in [0.15, 0.2) is 0 Å². The van der Waals surface area contributed by atoms with E-state index in [0.717, 1.165) is 17.8 Å². The first-order valence-corrected chi connectivity index (χ1v) is 5.96. The van der Waals surface area contributed by atoms with Crippen LogP contribution in [-0.4, -0.2) is 6.61 Å². The van der Waals surface area contributed by atoms with E-state index >= 15 is 0 Å². The van der Waals surface area contributed by atoms with Gasteiger partial charge in [-0.05, 0) is 43.4 Å². The normalized spacial score (nSPS) is 34.3. The van der Waals surface area contributed by atoms with Crippen LogP contribution in [-0.2, 0) is 4.74 Å². The van der Waals surface area contributed by atoms with Gasteiger partial charge in [-0.15, -0.1) is 0 Å². The average Bonchev–Trinajstić information content (AvgIpc) is 2.71. The van der Waals surface area contributed by atoms with E-state index in [-0.39, 0.29) is 0 Å². The molecule has 1 heteroatoms. The van der Waals surface area contributed by atoms with Gasteiger partial charge in [0.1, 0.15) is 6.61 Å². The molecule has 0 saturated heterocycles. The minimum Gasteiger partial charge on any atom is -0.498 e. The predicted octanol–water partition coefficient (Wildman–Crippen LogP) is 3.70. The van der Waals surface area contributed by atoms with E-state index in [1.54, 1.807) is 0 Å². The molecule has 0 amide bonds. The van der Waals surface area contributed by atoms with Crippen LogP contribution in [0.5, 0.6) is 0 Å². The lowest BCUT2D eigenvalue weighted by atomic mass is 9.75. The van der Waals surface area contributed by atoms with Crippen molar-refractivity contribution in [3.8, 4) is 0 Å². The van der Waals surface area contributed by atoms with Crippen LogP contribution in [0.3, 0.4) is 0 Å². The molecule has 15 heavy (non-hydrogen) atoms. The van der Waals surface area contributed by atoms with Crippen LogP contribution in [0.25, 0.3) is 0 Å². The summed E-state index contributed by atoms with van der Waals surface area (Å²) in [5.74, 6) is 2.58. The molecule has 1 fully saturated rings. The van der Waals surface area contributed by atoms with Crippen molar-refractivity contribution >= 4 is 0 Å². The van der Waals surface area contributed by atoms with Gasteiger partial charge in [0.05, 0.1) is 6.26 Å². The number of allylic oxidation sites excluding steroid dienone is 3. The number of ether oxygens (including phenoxy) is 1. The molecule has 0 heterocycles. The highest BCUT2D eigenvalue weighted by molar-refractivity contribution is 5.06. The molecule has 0 bridgehead atoms. The molecule has 2 aliphatic carbocycles. The third kappa shape index (κ3) is 2.74. The first-order valence-electron chi connectivity index (χ1n) is 5.96. The van der Waals surface area contributed by atoms with E-state index < -0.39 is 0 Å². The molecule has 3 unspecified atom stereocenters. The maximum atomic E-state index is 5.07. The maximum Gasteiger partial charge on any atom is 0.105 e. The molecule has 0 radical (unpaired) electrons. The number of rotatable bonds is 4. The molecule has 1 saturated carbocycles. The monoisotopic (exact) mass is 204 g/mol. The lowest BCUT2D eigenvalue weighted by Gasteiger charge is -2.29. The van der Waals surface area contributed by atoms with Gasteiger partial charge in [0, 0.05) is 0 Å². The van der Waals surface area contributed by atoms with Crippen LogP contribution in [0.4, 0.5) is 0 Å². The molecule has 2 rings (SSSR count). The van der Waals surface area contributed by atoms with Crippen molar-refractivity contribution in [1.29, 1.82) is 0 Å². The Kier molecular flexibility index (Phi) is 3.65. The van der Waals surface area contributed by atoms with Gasteiger partial charge < -0.3 is 4.74 Å². The van der Waals surface area contributed by atoms with Crippen LogP contribution < -0.4 is 0 Å². The summed E-state index contributed by atoms with van der Waals surface area (Å²) in [4.78, 5) is 0. The summed E-state index contributed by atoms with van der Waals surface area (Å²) in [5, 5.41) is 0. The molecule has 0 aromatic rings. The minimum atomic E-state index is 0.671. The first-order chi connectivity index (χ1) is 7.40. The first kappa shape index (κ1) is 10.5. The Morgan fingerprint density at radius 2 is 2.33 bits per heavy atom. The molecule has 2 aliphatic rings. The zero-order valence-corrected chi connectivity index (χ0v) is 9.27. The molecule has 0 spiro atoms. The van der Waals surface area contributed by atoms with Gasteiger partial charge in [-0.1, -0.05) is 30.9 Å². The third-order valence-electron chi connectivity index (χ3n) is 3.63. The van der Waals surface area contributed by atoms with Crippen molar-refractivity contribution in [2.45, 2.75) is 25.7 Å². The Morgan fingerprint density at radius 1 is 1.40 bits per heavy atom. The summed E-state index contributed by atoms with van der Waals surface area (Å²) < 4.78 is 5.07. The number of hydrogen-bond acceptors (Lipinski definition) is 1. The van der Waals surface area contributed by atoms with Gasteiger partial charge in [-0.3, -0.25) is 0 Å². The number of fused-ring (bicyclic) bond motifs is 1. The van der Waals surface area contributed by atoms with Gasteiger partial charge in [0.25, 0.3) is 0 Å². The molecule has 0 aromatic heterocycles. The topological polar surface area (TPSA) is 9.23 Å². The highest BCUT2D eigenvalue weighted by Gasteiger charge is 2.29. The highest BCUT2D eigenvalue weighted by atomic mass is 16.5. The Hall–Kier alpha value is -0.980. The van der Waals surface area contributed by atoms with Crippen molar-refractivity contribution < 1.29 is 4.74 Å². The summed E-state index contributed by atoms with van der Waals surface area (Å²) in [6.07, 6.45) is 16.2. The molecule has 1 nitrogen and oxygen atoms in total. The molecular weight excluding hydrogens is 184 g/mol. The molecule has 0 aliphatic heterocycles. The molecule has 3 atom stereocenters. The Balaban J connectivity index is 1.77. The smallest absolute Gasteiger partial charge is 0.105 e. The summed E-state index contributed by atoms with van der Waals surface area (Å²) in [6, 6.07) is 0. The van der Waals surface area contributed by atoms with Crippen molar-refractivity contribution in [2.75, 3.05) is 6.61 Å². The van der Waals surface area contributed by atoms with Gasteiger partial charge in [-0.25, -0.2) is 0 Å². The zero-order valence-electron chi connectivity index (χ0n) is 9.27. The molecular formula is C14H20O. The second-order valence-electron chi connectivity index (χ2n) is 4.59. The van der Waals surface area contributed by atoms with E-state index in [9.17, 15) is 0 Å². The van der Waals surface area contributed by atoms with Gasteiger partial charge >= 0.3 is 0 Å². The maximum absolute atomic E-state index is 5.07. The van der Waals surface area contributed by atoms with Crippen molar-refractivity contribution in [3.05, 3.63) is 37.1 Å². The highest BCUT2D eigenvalue weighted by Crippen LogP contribution is 2.40. The Labute approximate surface area is 92.5 Å². The van der Waals surface area contributed by atoms with E-state index in [2.05, 4.69) is 30.9 Å². The lowest BCUT2D eigenvalue weighted by Crippen LogP contribution is -2.19. The fourth-order valence-corrected chi connectivity index (χ4v) is 2.81. The Bertz CT molecular complexity index is 265. The third-order valence-corrected chi connectivity index (χ3v) is 3.63. The van der Waals surface area contributed by atoms with Crippen LogP contribution in [0.1, 0.15) is 25.7 Å². The number of hydrogen-bond donors (Lipinski definition) is 0. The second kappa shape index (κ2) is 5.20. The average molecular weight is 204 g/mol.